The Morgan fingerprint density at radius 1 is 1.02 bits per heavy atom. The summed E-state index contributed by atoms with van der Waals surface area (Å²) in [6.45, 7) is 5.94. The molecule has 0 bridgehead atoms. The third-order valence-electron chi connectivity index (χ3n) is 7.60. The number of benzene rings is 3. The molecule has 3 aromatic carbocycles. The summed E-state index contributed by atoms with van der Waals surface area (Å²) in [5.74, 6) is 0.585. The monoisotopic (exact) mass is 825 g/mol. The van der Waals surface area contributed by atoms with Crippen molar-refractivity contribution in [1.82, 2.24) is 19.5 Å². The molecule has 4 heterocycles. The molecule has 7 heteroatoms. The van der Waals surface area contributed by atoms with Gasteiger partial charge in [0.05, 0.1) is 31.1 Å². The molecule has 0 amide bonds. The van der Waals surface area contributed by atoms with Crippen molar-refractivity contribution in [1.29, 1.82) is 0 Å². The fourth-order valence-electron chi connectivity index (χ4n) is 5.41. The van der Waals surface area contributed by atoms with Gasteiger partial charge >= 0.3 is 0 Å². The SMILES string of the molecule is [2H]C([2H])([2H])c1c[c-]c(-c2cc(C([2H])([2H])C(C)C)c([Si](C)(C)C)cn2)cc1.[2H]C([2H])([2H])c1c[c-]c(-c2nc3ccncc3n2C)c2sc3ccccc3c12.[Ir]. The molecule has 0 fully saturated rings. The number of hydrogen-bond acceptors (Lipinski definition) is 4. The summed E-state index contributed by atoms with van der Waals surface area (Å²) in [7, 11) is 0.163. The topological polar surface area (TPSA) is 43.6 Å². The summed E-state index contributed by atoms with van der Waals surface area (Å²) < 4.78 is 67.4. The van der Waals surface area contributed by atoms with Gasteiger partial charge in [-0.3, -0.25) is 9.97 Å². The van der Waals surface area contributed by atoms with Gasteiger partial charge in [0.2, 0.25) is 0 Å². The first-order chi connectivity index (χ1) is 24.7. The van der Waals surface area contributed by atoms with E-state index in [-0.39, 0.29) is 31.6 Å². The Labute approximate surface area is 302 Å². The molecule has 0 aliphatic heterocycles. The van der Waals surface area contributed by atoms with E-state index in [0.717, 1.165) is 47.8 Å². The number of nitrogens with zero attached hydrogens (tertiary/aromatic N) is 4. The van der Waals surface area contributed by atoms with Crippen LogP contribution in [-0.4, -0.2) is 27.6 Å². The zero-order valence-electron chi connectivity index (χ0n) is 34.6. The fraction of sp³-hybridized carbons (Fsp3) is 0.256. The second-order valence-electron chi connectivity index (χ2n) is 12.4. The smallest absolute Gasteiger partial charge is 0.0801 e. The predicted molar refractivity (Wildman–Crippen MR) is 195 cm³/mol. The minimum atomic E-state index is -2.20. The second-order valence-corrected chi connectivity index (χ2v) is 18.5. The van der Waals surface area contributed by atoms with Gasteiger partial charge in [-0.2, -0.15) is 11.3 Å². The summed E-state index contributed by atoms with van der Waals surface area (Å²) in [4.78, 5) is 13.5. The molecule has 0 aliphatic carbocycles. The van der Waals surface area contributed by atoms with Crippen molar-refractivity contribution in [3.05, 3.63) is 108 Å². The number of aryl methyl sites for hydroxylation is 3. The molecule has 46 heavy (non-hydrogen) atoms. The van der Waals surface area contributed by atoms with Gasteiger partial charge in [0.25, 0.3) is 0 Å². The van der Waals surface area contributed by atoms with Crippen LogP contribution in [0.2, 0.25) is 19.6 Å². The van der Waals surface area contributed by atoms with Gasteiger partial charge < -0.3 is 9.55 Å². The minimum absolute atomic E-state index is 0. The van der Waals surface area contributed by atoms with Gasteiger partial charge in [-0.15, -0.1) is 53.1 Å². The van der Waals surface area contributed by atoms with E-state index in [1.54, 1.807) is 48.1 Å². The van der Waals surface area contributed by atoms with Crippen molar-refractivity contribution in [3.63, 3.8) is 0 Å². The van der Waals surface area contributed by atoms with Crippen LogP contribution in [-0.2, 0) is 33.5 Å². The molecule has 0 aliphatic rings. The van der Waals surface area contributed by atoms with Crippen molar-refractivity contribution < 1.29 is 31.1 Å². The molecular formula is C39H40IrN4SSi-2. The summed E-state index contributed by atoms with van der Waals surface area (Å²) in [5, 5.41) is 2.74. The van der Waals surface area contributed by atoms with Gasteiger partial charge in [0, 0.05) is 55.2 Å². The van der Waals surface area contributed by atoms with Gasteiger partial charge in [0.1, 0.15) is 0 Å². The first-order valence-corrected chi connectivity index (χ1v) is 19.2. The van der Waals surface area contributed by atoms with Gasteiger partial charge in [-0.25, -0.2) is 0 Å². The number of aromatic nitrogens is 4. The van der Waals surface area contributed by atoms with Crippen LogP contribution in [0.25, 0.3) is 53.9 Å². The molecule has 237 valence electrons. The van der Waals surface area contributed by atoms with Crippen LogP contribution < -0.4 is 5.19 Å². The van der Waals surface area contributed by atoms with Crippen LogP contribution in [0.4, 0.5) is 0 Å². The maximum atomic E-state index is 8.59. The Morgan fingerprint density at radius 3 is 2.54 bits per heavy atom. The zero-order chi connectivity index (χ0) is 38.7. The summed E-state index contributed by atoms with van der Waals surface area (Å²) in [6.07, 6.45) is 3.83. The van der Waals surface area contributed by atoms with Crippen molar-refractivity contribution in [2.45, 2.75) is 53.6 Å². The van der Waals surface area contributed by atoms with Crippen molar-refractivity contribution in [2.24, 2.45) is 13.0 Å². The fourth-order valence-corrected chi connectivity index (χ4v) is 8.04. The number of imidazole rings is 1. The Bertz CT molecular complexity index is 2450. The van der Waals surface area contributed by atoms with Crippen LogP contribution in [0, 0.1) is 31.8 Å². The molecule has 0 spiro atoms. The van der Waals surface area contributed by atoms with E-state index in [2.05, 4.69) is 41.7 Å². The first kappa shape index (κ1) is 24.7. The maximum absolute atomic E-state index is 8.59. The molecule has 0 atom stereocenters. The van der Waals surface area contributed by atoms with E-state index in [9.17, 15) is 0 Å². The molecule has 0 saturated heterocycles. The first-order valence-electron chi connectivity index (χ1n) is 18.9. The van der Waals surface area contributed by atoms with Gasteiger partial charge in [-0.1, -0.05) is 88.0 Å². The molecule has 4 aromatic heterocycles. The van der Waals surface area contributed by atoms with E-state index in [1.165, 1.54) is 6.07 Å². The van der Waals surface area contributed by atoms with E-state index in [1.807, 2.05) is 61.9 Å². The summed E-state index contributed by atoms with van der Waals surface area (Å²) in [6, 6.07) is 24.1. The largest absolute Gasteiger partial charge is 0.366 e. The zero-order valence-corrected chi connectivity index (χ0v) is 30.8. The van der Waals surface area contributed by atoms with Crippen LogP contribution in [0.5, 0.6) is 0 Å². The number of pyridine rings is 2. The molecule has 7 aromatic rings. The maximum Gasteiger partial charge on any atom is 0.0801 e. The van der Waals surface area contributed by atoms with E-state index in [4.69, 9.17) is 16.0 Å². The number of fused-ring (bicyclic) bond motifs is 4. The molecule has 7 rings (SSSR count). The van der Waals surface area contributed by atoms with Crippen LogP contribution in [0.15, 0.2) is 79.3 Å². The van der Waals surface area contributed by atoms with E-state index in [0.29, 0.717) is 22.4 Å². The normalized spacial score (nSPS) is 15.0. The van der Waals surface area contributed by atoms with E-state index >= 15 is 0 Å². The molecule has 0 saturated carbocycles. The number of thiophene rings is 1. The van der Waals surface area contributed by atoms with Crippen molar-refractivity contribution >= 4 is 55.8 Å². The predicted octanol–water partition coefficient (Wildman–Crippen LogP) is 9.71. The van der Waals surface area contributed by atoms with Crippen LogP contribution in [0.1, 0.15) is 41.5 Å². The second kappa shape index (κ2) is 13.7. The summed E-state index contributed by atoms with van der Waals surface area (Å²) in [5.41, 5.74) is 5.13. The average molecular weight is 825 g/mol. The Hall–Kier alpha value is -3.48. The van der Waals surface area contributed by atoms with Gasteiger partial charge in [-0.05, 0) is 45.4 Å². The standard InChI is InChI=1S/C20H14N3S.C19H26NSi.Ir/c1-12-7-8-14(19-18(12)13-5-3-4-6-17(13)24-19)20-22-15-9-10-21-11-16(15)23(20)2;1-14(2)11-17-12-18(16-9-7-15(3)8-10-16)20-13-19(17)21(4,5)6;/h3-7,9-11H,1-2H3;7-9,12-14H,11H2,1-6H3;/q2*-1;/i1D3;3D3,11D2;. The van der Waals surface area contributed by atoms with Gasteiger partial charge in [0.15, 0.2) is 0 Å². The Kier molecular flexibility index (Phi) is 7.35. The molecule has 4 nitrogen and oxygen atoms in total. The minimum Gasteiger partial charge on any atom is -0.366 e. The van der Waals surface area contributed by atoms with E-state index < -0.39 is 28.2 Å². The van der Waals surface area contributed by atoms with Crippen LogP contribution >= 0.6 is 11.3 Å². The quantitative estimate of drug-likeness (QED) is 0.128. The summed E-state index contributed by atoms with van der Waals surface area (Å²) >= 11 is 1.58. The third-order valence-corrected chi connectivity index (χ3v) is 10.8. The Morgan fingerprint density at radius 2 is 1.85 bits per heavy atom. The molecule has 0 N–H and O–H groups in total. The van der Waals surface area contributed by atoms with Crippen LogP contribution in [0.3, 0.4) is 0 Å². The van der Waals surface area contributed by atoms with Crippen molar-refractivity contribution in [3.8, 4) is 22.6 Å². The molecule has 0 unspecified atom stereocenters. The average Bonchev–Trinajstić information content (AvgIpc) is 3.64. The molecule has 1 radical (unpaired) electrons. The molecular weight excluding hydrogens is 777 g/mol. The Balaban J connectivity index is 0.000000204. The van der Waals surface area contributed by atoms with Crippen molar-refractivity contribution in [2.75, 3.05) is 0 Å². The number of rotatable bonds is 5. The third kappa shape index (κ3) is 6.79. The number of hydrogen-bond donors (Lipinski definition) is 0.